The van der Waals surface area contributed by atoms with E-state index in [0.717, 1.165) is 11.8 Å². The number of carbonyl (C=O) groups excluding carboxylic acids is 2. The van der Waals surface area contributed by atoms with E-state index in [1.807, 2.05) is 0 Å². The lowest BCUT2D eigenvalue weighted by molar-refractivity contribution is -0.149. The van der Waals surface area contributed by atoms with Gasteiger partial charge in [0.2, 0.25) is 5.91 Å². The number of nitrogens with one attached hydrogen (secondary N) is 1. The molecule has 0 spiro atoms. The summed E-state index contributed by atoms with van der Waals surface area (Å²) in [6.45, 7) is 9.01. The summed E-state index contributed by atoms with van der Waals surface area (Å²) in [5.41, 5.74) is -1.80. The first kappa shape index (κ1) is 28.0. The molecule has 3 rings (SSSR count). The lowest BCUT2D eigenvalue weighted by atomic mass is 9.97. The van der Waals surface area contributed by atoms with E-state index in [0.29, 0.717) is 5.57 Å². The molecular formula is C24H32FN2O8P. The molecule has 1 aromatic rings. The average molecular weight is 526 g/mol. The molecule has 1 fully saturated rings. The zero-order valence-corrected chi connectivity index (χ0v) is 21.5. The molecule has 1 saturated heterocycles. The summed E-state index contributed by atoms with van der Waals surface area (Å²) in [4.78, 5) is 25.7. The van der Waals surface area contributed by atoms with E-state index in [2.05, 4.69) is 11.7 Å². The molecule has 10 nitrogen and oxygen atoms in total. The SMILES string of the molecule is C=C1C=CN([C@@H]2O[C@H](CO[P@@](=O)(N[C@@H](C)C(=O)OC(C)C)Oc3ccccc3)[C@@H](O)[C@@]2(C)F)C(=O)C1. The fourth-order valence-electron chi connectivity index (χ4n) is 3.68. The van der Waals surface area contributed by atoms with E-state index in [4.69, 9.17) is 18.5 Å². The molecule has 198 valence electrons. The van der Waals surface area contributed by atoms with Crippen LogP contribution in [0.4, 0.5) is 4.39 Å². The Morgan fingerprint density at radius 1 is 1.36 bits per heavy atom. The quantitative estimate of drug-likeness (QED) is 0.349. The number of amides is 1. The zero-order chi connectivity index (χ0) is 26.7. The van der Waals surface area contributed by atoms with Crippen LogP contribution in [0.25, 0.3) is 0 Å². The van der Waals surface area contributed by atoms with Gasteiger partial charge in [-0.2, -0.15) is 5.09 Å². The van der Waals surface area contributed by atoms with Crippen molar-refractivity contribution in [3.8, 4) is 5.75 Å². The number of hydrogen-bond donors (Lipinski definition) is 2. The normalized spacial score (nSPS) is 28.8. The van der Waals surface area contributed by atoms with Gasteiger partial charge >= 0.3 is 13.7 Å². The molecule has 2 aliphatic heterocycles. The Balaban J connectivity index is 1.76. The predicted molar refractivity (Wildman–Crippen MR) is 128 cm³/mol. The van der Waals surface area contributed by atoms with Gasteiger partial charge in [0.05, 0.1) is 19.1 Å². The molecular weight excluding hydrogens is 494 g/mol. The first-order valence-corrected chi connectivity index (χ1v) is 13.0. The minimum Gasteiger partial charge on any atom is -0.462 e. The Hall–Kier alpha value is -2.56. The van der Waals surface area contributed by atoms with Crippen molar-refractivity contribution in [3.63, 3.8) is 0 Å². The molecule has 0 aromatic heterocycles. The van der Waals surface area contributed by atoms with Crippen molar-refractivity contribution in [2.45, 2.75) is 70.4 Å². The van der Waals surface area contributed by atoms with E-state index in [9.17, 15) is 19.3 Å². The van der Waals surface area contributed by atoms with Gasteiger partial charge < -0.3 is 19.1 Å². The van der Waals surface area contributed by atoms with Crippen molar-refractivity contribution in [2.24, 2.45) is 0 Å². The zero-order valence-electron chi connectivity index (χ0n) is 20.6. The number of ether oxygens (including phenoxy) is 2. The number of benzene rings is 1. The molecule has 0 radical (unpaired) electrons. The van der Waals surface area contributed by atoms with E-state index in [1.54, 1.807) is 38.1 Å². The average Bonchev–Trinajstić information content (AvgIpc) is 3.01. The number of allylic oxidation sites excluding steroid dienone is 1. The number of para-hydroxylation sites is 1. The lowest BCUT2D eigenvalue weighted by Gasteiger charge is -2.33. The second kappa shape index (κ2) is 11.2. The Kier molecular flexibility index (Phi) is 8.74. The van der Waals surface area contributed by atoms with Gasteiger partial charge in [-0.1, -0.05) is 24.8 Å². The number of carbonyl (C=O) groups is 2. The van der Waals surface area contributed by atoms with E-state index in [1.165, 1.54) is 25.3 Å². The summed E-state index contributed by atoms with van der Waals surface area (Å²) in [5.74, 6) is -0.943. The maximum absolute atomic E-state index is 15.5. The first-order valence-electron chi connectivity index (χ1n) is 11.5. The minimum atomic E-state index is -4.26. The maximum atomic E-state index is 15.5. The van der Waals surface area contributed by atoms with Gasteiger partial charge in [0.1, 0.15) is 24.0 Å². The standard InChI is InChI=1S/C24H32FN2O8P/c1-15(2)33-22(30)17(4)26-36(31,35-18-9-7-6-8-10-18)32-14-19-21(29)24(5,25)23(34-19)27-12-11-16(3)13-20(27)28/h6-12,15,17,19,21,23,29H,3,13-14H2,1-2,4-5H3,(H,26,31)/t17-,19+,21+,23+,24+,36-/m0/s1. The molecule has 2 N–H and O–H groups in total. The molecule has 0 unspecified atom stereocenters. The van der Waals surface area contributed by atoms with Crippen LogP contribution in [0.5, 0.6) is 5.75 Å². The fourth-order valence-corrected chi connectivity index (χ4v) is 5.18. The third-order valence-corrected chi connectivity index (χ3v) is 7.19. The van der Waals surface area contributed by atoms with Crippen molar-refractivity contribution in [2.75, 3.05) is 6.61 Å². The Morgan fingerprint density at radius 2 is 2.03 bits per heavy atom. The number of hydrogen-bond acceptors (Lipinski definition) is 8. The van der Waals surface area contributed by atoms with Crippen molar-refractivity contribution in [3.05, 3.63) is 54.8 Å². The monoisotopic (exact) mass is 526 g/mol. The van der Waals surface area contributed by atoms with Gasteiger partial charge in [-0.25, -0.2) is 8.96 Å². The highest BCUT2D eigenvalue weighted by atomic mass is 31.2. The highest BCUT2D eigenvalue weighted by Crippen LogP contribution is 2.46. The summed E-state index contributed by atoms with van der Waals surface area (Å²) < 4.78 is 51.0. The minimum absolute atomic E-state index is 0.0158. The molecule has 1 aromatic carbocycles. The van der Waals surface area contributed by atoms with Crippen molar-refractivity contribution >= 4 is 19.6 Å². The topological polar surface area (TPSA) is 124 Å². The number of halogens is 1. The first-order chi connectivity index (χ1) is 16.8. The van der Waals surface area contributed by atoms with Crippen molar-refractivity contribution in [1.82, 2.24) is 9.99 Å². The van der Waals surface area contributed by atoms with Crippen LogP contribution in [0.1, 0.15) is 34.1 Å². The number of nitrogens with zero attached hydrogens (tertiary/aromatic N) is 1. The molecule has 0 saturated carbocycles. The van der Waals surface area contributed by atoms with Crippen LogP contribution in [0.3, 0.4) is 0 Å². The van der Waals surface area contributed by atoms with Crippen LogP contribution in [0.2, 0.25) is 0 Å². The lowest BCUT2D eigenvalue weighted by Crippen LogP contribution is -2.51. The Labute approximate surface area is 209 Å². The third-order valence-electron chi connectivity index (χ3n) is 5.54. The third kappa shape index (κ3) is 6.60. The van der Waals surface area contributed by atoms with Crippen molar-refractivity contribution < 1.29 is 42.2 Å². The number of esters is 1. The van der Waals surface area contributed by atoms with Gasteiger partial charge in [-0.15, -0.1) is 0 Å². The second-order valence-corrected chi connectivity index (χ2v) is 10.8. The molecule has 2 aliphatic rings. The van der Waals surface area contributed by atoms with Crippen LogP contribution in [-0.4, -0.2) is 64.7 Å². The van der Waals surface area contributed by atoms with E-state index in [-0.39, 0.29) is 12.2 Å². The molecule has 2 heterocycles. The molecule has 0 bridgehead atoms. The van der Waals surface area contributed by atoms with Gasteiger partial charge in [-0.05, 0) is 51.5 Å². The number of aliphatic hydroxyl groups is 1. The van der Waals surface area contributed by atoms with Crippen molar-refractivity contribution in [1.29, 1.82) is 0 Å². The second-order valence-electron chi connectivity index (χ2n) is 9.11. The Morgan fingerprint density at radius 3 is 2.64 bits per heavy atom. The molecule has 36 heavy (non-hydrogen) atoms. The van der Waals surface area contributed by atoms with Crippen LogP contribution in [0, 0.1) is 0 Å². The number of aliphatic hydroxyl groups excluding tert-OH is 1. The van der Waals surface area contributed by atoms with Gasteiger partial charge in [0.25, 0.3) is 0 Å². The van der Waals surface area contributed by atoms with Crippen LogP contribution in [0.15, 0.2) is 54.8 Å². The number of rotatable bonds is 10. The molecule has 12 heteroatoms. The smallest absolute Gasteiger partial charge is 0.459 e. The van der Waals surface area contributed by atoms with Gasteiger partial charge in [0.15, 0.2) is 11.9 Å². The fraction of sp³-hybridized carbons (Fsp3) is 0.500. The van der Waals surface area contributed by atoms with Crippen LogP contribution >= 0.6 is 7.75 Å². The van der Waals surface area contributed by atoms with Gasteiger partial charge in [0, 0.05) is 6.20 Å². The summed E-state index contributed by atoms with van der Waals surface area (Å²) >= 11 is 0. The van der Waals surface area contributed by atoms with Crippen LogP contribution in [-0.2, 0) is 28.2 Å². The maximum Gasteiger partial charge on any atom is 0.459 e. The summed E-state index contributed by atoms with van der Waals surface area (Å²) in [6.07, 6.45) is -1.98. The summed E-state index contributed by atoms with van der Waals surface area (Å²) in [6, 6.07) is 7.01. The van der Waals surface area contributed by atoms with E-state index < -0.39 is 62.5 Å². The Bertz CT molecular complexity index is 1050. The number of alkyl halides is 1. The molecule has 1 amide bonds. The highest BCUT2D eigenvalue weighted by molar-refractivity contribution is 7.52. The largest absolute Gasteiger partial charge is 0.462 e. The van der Waals surface area contributed by atoms with Gasteiger partial charge in [-0.3, -0.25) is 19.0 Å². The summed E-state index contributed by atoms with van der Waals surface area (Å²) in [5, 5.41) is 13.1. The highest BCUT2D eigenvalue weighted by Gasteiger charge is 2.57. The molecule has 0 aliphatic carbocycles. The summed E-state index contributed by atoms with van der Waals surface area (Å²) in [7, 11) is -4.26. The van der Waals surface area contributed by atoms with Crippen LogP contribution < -0.4 is 9.61 Å². The predicted octanol–water partition coefficient (Wildman–Crippen LogP) is 3.24. The molecule has 6 atom stereocenters. The van der Waals surface area contributed by atoms with E-state index >= 15 is 4.39 Å².